The van der Waals surface area contributed by atoms with Crippen molar-refractivity contribution in [1.82, 2.24) is 10.6 Å². The summed E-state index contributed by atoms with van der Waals surface area (Å²) in [5.74, 6) is -2.59. The van der Waals surface area contributed by atoms with Crippen LogP contribution in [0.5, 0.6) is 0 Å². The number of carbonyl (C=O) groups is 6. The van der Waals surface area contributed by atoms with Gasteiger partial charge in [0.25, 0.3) is 0 Å². The summed E-state index contributed by atoms with van der Waals surface area (Å²) >= 11 is 0. The van der Waals surface area contributed by atoms with Crippen LogP contribution in [0.1, 0.15) is 75.1 Å². The fraction of sp³-hybridized carbons (Fsp3) is 0.500. The lowest BCUT2D eigenvalue weighted by molar-refractivity contribution is -0.158. The maximum atomic E-state index is 12.7. The average Bonchev–Trinajstić information content (AvgIpc) is 3.07. The predicted octanol–water partition coefficient (Wildman–Crippen LogP) is 3.94. The molecule has 2 N–H and O–H groups in total. The Morgan fingerprint density at radius 2 is 0.896 bits per heavy atom. The molecule has 262 valence electrons. The molecule has 48 heavy (non-hydrogen) atoms. The van der Waals surface area contributed by atoms with E-state index in [1.165, 1.54) is 0 Å². The number of benzene rings is 2. The molecule has 2 rings (SSSR count). The highest BCUT2D eigenvalue weighted by molar-refractivity contribution is 5.99. The molecule has 0 saturated heterocycles. The fourth-order valence-electron chi connectivity index (χ4n) is 4.26. The molecule has 0 aromatic heterocycles. The molecule has 2 aromatic rings. The normalized spacial score (nSPS) is 12.2. The number of ether oxygens (including phenoxy) is 4. The fourth-order valence-corrected chi connectivity index (χ4v) is 4.26. The highest BCUT2D eigenvalue weighted by atomic mass is 16.6. The molecule has 0 bridgehead atoms. The highest BCUT2D eigenvalue weighted by Crippen LogP contribution is 2.21. The predicted molar refractivity (Wildman–Crippen MR) is 178 cm³/mol. The van der Waals surface area contributed by atoms with Gasteiger partial charge in [0, 0.05) is 37.4 Å². The van der Waals surface area contributed by atoms with E-state index in [1.807, 2.05) is 27.7 Å². The maximum Gasteiger partial charge on any atom is 0.336 e. The number of nitrogens with one attached hydrogen (secondary N) is 2. The minimum atomic E-state index is -1.11. The first kappa shape index (κ1) is 39.8. The Balaban J connectivity index is 1.91. The van der Waals surface area contributed by atoms with Crippen LogP contribution in [-0.4, -0.2) is 87.0 Å². The molecular formula is C36H48N2O10. The third-order valence-corrected chi connectivity index (χ3v) is 6.86. The molecule has 0 radical (unpaired) electrons. The smallest absolute Gasteiger partial charge is 0.336 e. The van der Waals surface area contributed by atoms with E-state index in [0.29, 0.717) is 24.2 Å². The van der Waals surface area contributed by atoms with Crippen LogP contribution in [0, 0.1) is 11.8 Å². The van der Waals surface area contributed by atoms with E-state index in [1.54, 1.807) is 62.4 Å². The highest BCUT2D eigenvalue weighted by Gasteiger charge is 2.26. The first-order valence-electron chi connectivity index (χ1n) is 16.2. The topological polar surface area (TPSA) is 163 Å². The average molecular weight is 669 g/mol. The Labute approximate surface area is 282 Å². The minimum Gasteiger partial charge on any atom is -0.455 e. The lowest BCUT2D eigenvalue weighted by Crippen LogP contribution is -2.36. The van der Waals surface area contributed by atoms with Crippen molar-refractivity contribution >= 4 is 35.3 Å². The maximum absolute atomic E-state index is 12.7. The molecule has 0 aliphatic heterocycles. The van der Waals surface area contributed by atoms with Crippen molar-refractivity contribution in [3.05, 3.63) is 59.7 Å². The van der Waals surface area contributed by atoms with Gasteiger partial charge in [0.1, 0.15) is 0 Å². The van der Waals surface area contributed by atoms with Crippen LogP contribution in [0.3, 0.4) is 0 Å². The molecule has 2 unspecified atom stereocenters. The molecule has 2 aromatic carbocycles. The molecule has 0 aliphatic carbocycles. The Hall–Kier alpha value is -4.42. The summed E-state index contributed by atoms with van der Waals surface area (Å²) in [5.41, 5.74) is 2.19. The SMILES string of the molecule is CCOC(CC(=O)NCC(C)C)C(=O)OCC(=O)c1ccc(-c2ccc(C(=O)COC(=O)C(CC(=O)NCC(C)C)OCC)cc2)cc1. The van der Waals surface area contributed by atoms with E-state index in [-0.39, 0.29) is 49.7 Å². The van der Waals surface area contributed by atoms with E-state index in [9.17, 15) is 28.8 Å². The van der Waals surface area contributed by atoms with Crippen molar-refractivity contribution in [3.63, 3.8) is 0 Å². The number of esters is 2. The summed E-state index contributed by atoms with van der Waals surface area (Å²) in [4.78, 5) is 74.7. The number of hydrogen-bond donors (Lipinski definition) is 2. The third-order valence-electron chi connectivity index (χ3n) is 6.86. The second-order valence-corrected chi connectivity index (χ2v) is 11.9. The molecule has 12 nitrogen and oxygen atoms in total. The lowest BCUT2D eigenvalue weighted by Gasteiger charge is -2.16. The number of hydrogen-bond acceptors (Lipinski definition) is 10. The standard InChI is InChI=1S/C36H48N2O10/c1-7-45-31(17-33(41)37-19-23(3)4)35(43)47-21-29(39)27-13-9-25(10-14-27)26-11-15-28(16-12-26)30(40)22-48-36(44)32(46-8-2)18-34(42)38-20-24(5)6/h9-16,23-24,31-32H,7-8,17-22H2,1-6H3,(H,37,41)(H,38,42). The van der Waals surface area contributed by atoms with Gasteiger partial charge in [-0.25, -0.2) is 9.59 Å². The van der Waals surface area contributed by atoms with Crippen LogP contribution in [0.2, 0.25) is 0 Å². The van der Waals surface area contributed by atoms with Crippen LogP contribution >= 0.6 is 0 Å². The summed E-state index contributed by atoms with van der Waals surface area (Å²) in [6, 6.07) is 13.3. The summed E-state index contributed by atoms with van der Waals surface area (Å²) in [6.07, 6.45) is -2.63. The van der Waals surface area contributed by atoms with E-state index >= 15 is 0 Å². The third kappa shape index (κ3) is 14.1. The van der Waals surface area contributed by atoms with Gasteiger partial charge in [0.15, 0.2) is 37.0 Å². The largest absolute Gasteiger partial charge is 0.455 e. The van der Waals surface area contributed by atoms with Gasteiger partial charge in [0.05, 0.1) is 12.8 Å². The number of rotatable bonds is 21. The lowest BCUT2D eigenvalue weighted by atomic mass is 10.0. The van der Waals surface area contributed by atoms with E-state index in [2.05, 4.69) is 10.6 Å². The van der Waals surface area contributed by atoms with Gasteiger partial charge < -0.3 is 29.6 Å². The number of ketones is 2. The van der Waals surface area contributed by atoms with Gasteiger partial charge in [0.2, 0.25) is 11.8 Å². The van der Waals surface area contributed by atoms with Crippen molar-refractivity contribution in [2.75, 3.05) is 39.5 Å². The Kier molecular flexibility index (Phi) is 17.2. The number of carbonyl (C=O) groups excluding carboxylic acids is 6. The molecule has 0 fully saturated rings. The van der Waals surface area contributed by atoms with Crippen LogP contribution in [0.25, 0.3) is 11.1 Å². The van der Waals surface area contributed by atoms with E-state index in [4.69, 9.17) is 18.9 Å². The van der Waals surface area contributed by atoms with Gasteiger partial charge in [-0.1, -0.05) is 76.2 Å². The summed E-state index contributed by atoms with van der Waals surface area (Å²) in [5, 5.41) is 5.46. The van der Waals surface area contributed by atoms with Crippen molar-refractivity contribution in [2.45, 2.75) is 66.6 Å². The van der Waals surface area contributed by atoms with E-state index in [0.717, 1.165) is 11.1 Å². The summed E-state index contributed by atoms with van der Waals surface area (Å²) < 4.78 is 21.1. The van der Waals surface area contributed by atoms with Gasteiger partial charge in [-0.3, -0.25) is 19.2 Å². The molecule has 0 saturated carbocycles. The molecule has 0 spiro atoms. The van der Waals surface area contributed by atoms with E-state index < -0.39 is 48.9 Å². The second-order valence-electron chi connectivity index (χ2n) is 11.9. The molecule has 12 heteroatoms. The zero-order valence-corrected chi connectivity index (χ0v) is 28.7. The zero-order chi connectivity index (χ0) is 35.6. The molecule has 2 atom stereocenters. The first-order chi connectivity index (χ1) is 22.8. The minimum absolute atomic E-state index is 0.199. The van der Waals surface area contributed by atoms with Gasteiger partial charge in [-0.05, 0) is 36.8 Å². The van der Waals surface area contributed by atoms with Crippen LogP contribution in [0.15, 0.2) is 48.5 Å². The second kappa shape index (κ2) is 20.7. The molecule has 0 heterocycles. The van der Waals surface area contributed by atoms with Crippen molar-refractivity contribution in [2.24, 2.45) is 11.8 Å². The Morgan fingerprint density at radius 3 is 1.19 bits per heavy atom. The number of amides is 2. The van der Waals surface area contributed by atoms with Gasteiger partial charge in [-0.2, -0.15) is 0 Å². The molecule has 2 amide bonds. The van der Waals surface area contributed by atoms with Gasteiger partial charge >= 0.3 is 11.9 Å². The zero-order valence-electron chi connectivity index (χ0n) is 28.7. The summed E-state index contributed by atoms with van der Waals surface area (Å²) in [6.45, 7) is 11.5. The monoisotopic (exact) mass is 668 g/mol. The van der Waals surface area contributed by atoms with Crippen molar-refractivity contribution < 1.29 is 47.7 Å². The number of Topliss-reactive ketones (excluding diaryl/α,β-unsaturated/α-hetero) is 2. The Bertz CT molecular complexity index is 1260. The van der Waals surface area contributed by atoms with Gasteiger partial charge in [-0.15, -0.1) is 0 Å². The van der Waals surface area contributed by atoms with Crippen molar-refractivity contribution in [1.29, 1.82) is 0 Å². The van der Waals surface area contributed by atoms with Crippen LogP contribution < -0.4 is 10.6 Å². The Morgan fingerprint density at radius 1 is 0.562 bits per heavy atom. The van der Waals surface area contributed by atoms with Crippen LogP contribution in [0.4, 0.5) is 0 Å². The summed E-state index contributed by atoms with van der Waals surface area (Å²) in [7, 11) is 0. The van der Waals surface area contributed by atoms with Crippen molar-refractivity contribution in [3.8, 4) is 11.1 Å². The molecule has 0 aliphatic rings. The molecular weight excluding hydrogens is 620 g/mol. The quantitative estimate of drug-likeness (QED) is 0.147. The first-order valence-corrected chi connectivity index (χ1v) is 16.2. The van der Waals surface area contributed by atoms with Crippen LogP contribution in [-0.2, 0) is 38.1 Å².